The van der Waals surface area contributed by atoms with Crippen LogP contribution in [0.1, 0.15) is 43.9 Å². The minimum atomic E-state index is -4.68. The van der Waals surface area contributed by atoms with Gasteiger partial charge in [0, 0.05) is 12.6 Å². The molecule has 166 valence electrons. The number of alkyl halides is 3. The molecule has 7 nitrogen and oxygen atoms in total. The molecule has 30 heavy (non-hydrogen) atoms. The van der Waals surface area contributed by atoms with Crippen molar-refractivity contribution in [2.75, 3.05) is 18.4 Å². The maximum absolute atomic E-state index is 13.0. The molecule has 1 aromatic carbocycles. The second-order valence-corrected chi connectivity index (χ2v) is 8.73. The second-order valence-electron chi connectivity index (χ2n) is 6.80. The third-order valence-electron chi connectivity index (χ3n) is 4.28. The van der Waals surface area contributed by atoms with Gasteiger partial charge in [0.2, 0.25) is 15.9 Å². The first-order chi connectivity index (χ1) is 14.0. The van der Waals surface area contributed by atoms with Crippen LogP contribution in [0, 0.1) is 6.92 Å². The van der Waals surface area contributed by atoms with Crippen molar-refractivity contribution in [1.29, 1.82) is 0 Å². The van der Waals surface area contributed by atoms with Crippen molar-refractivity contribution < 1.29 is 30.9 Å². The Bertz CT molecular complexity index is 958. The van der Waals surface area contributed by atoms with E-state index in [0.29, 0.717) is 18.2 Å². The highest BCUT2D eigenvalue weighted by molar-refractivity contribution is 7.89. The van der Waals surface area contributed by atoms with Crippen LogP contribution in [0.3, 0.4) is 0 Å². The van der Waals surface area contributed by atoms with E-state index in [1.165, 1.54) is 6.07 Å². The summed E-state index contributed by atoms with van der Waals surface area (Å²) in [5, 5.41) is 6.03. The number of sulfonamides is 1. The molecule has 0 spiro atoms. The average molecular weight is 447 g/mol. The lowest BCUT2D eigenvalue weighted by atomic mass is 10.2. The van der Waals surface area contributed by atoms with E-state index in [4.69, 9.17) is 4.52 Å². The van der Waals surface area contributed by atoms with Crippen molar-refractivity contribution in [3.8, 4) is 0 Å². The Balaban J connectivity index is 2.24. The van der Waals surface area contributed by atoms with Gasteiger partial charge in [-0.25, -0.2) is 8.42 Å². The largest absolute Gasteiger partial charge is 0.416 e. The van der Waals surface area contributed by atoms with E-state index in [2.05, 4.69) is 10.5 Å². The smallest absolute Gasteiger partial charge is 0.360 e. The van der Waals surface area contributed by atoms with Crippen LogP contribution < -0.4 is 5.32 Å². The third-order valence-corrected chi connectivity index (χ3v) is 6.12. The maximum atomic E-state index is 13.0. The summed E-state index contributed by atoms with van der Waals surface area (Å²) in [5.41, 5.74) is -1.07. The molecule has 11 heteroatoms. The molecule has 1 aromatic heterocycles. The molecule has 0 saturated heterocycles. The van der Waals surface area contributed by atoms with Crippen LogP contribution in [0.15, 0.2) is 39.8 Å². The summed E-state index contributed by atoms with van der Waals surface area (Å²) in [5.74, 6) is -0.0902. The van der Waals surface area contributed by atoms with E-state index in [0.717, 1.165) is 41.8 Å². The lowest BCUT2D eigenvalue weighted by Crippen LogP contribution is -2.38. The SMILES string of the molecule is CCCCCCN(CC(=O)Nc1cc(C)on1)S(=O)(=O)c1cccc(C(F)(F)F)c1. The summed E-state index contributed by atoms with van der Waals surface area (Å²) in [6.07, 6.45) is -1.68. The summed E-state index contributed by atoms with van der Waals surface area (Å²) >= 11 is 0. The molecule has 0 aliphatic carbocycles. The molecule has 0 unspecified atom stereocenters. The number of rotatable bonds is 10. The number of hydrogen-bond acceptors (Lipinski definition) is 5. The molecule has 1 amide bonds. The Kier molecular flexibility index (Phi) is 8.02. The molecular weight excluding hydrogens is 423 g/mol. The highest BCUT2D eigenvalue weighted by Gasteiger charge is 2.33. The molecule has 0 radical (unpaired) electrons. The summed E-state index contributed by atoms with van der Waals surface area (Å²) in [6, 6.07) is 4.95. The Labute approximate surface area is 173 Å². The zero-order valence-electron chi connectivity index (χ0n) is 16.7. The standard InChI is InChI=1S/C19H24F3N3O4S/c1-3-4-5-6-10-25(13-18(26)23-17-11-14(2)29-24-17)30(27,28)16-9-7-8-15(12-16)19(20,21)22/h7-9,11-12H,3-6,10,13H2,1-2H3,(H,23,24,26). The van der Waals surface area contributed by atoms with E-state index >= 15 is 0 Å². The van der Waals surface area contributed by atoms with Crippen molar-refractivity contribution in [3.63, 3.8) is 0 Å². The summed E-state index contributed by atoms with van der Waals surface area (Å²) < 4.78 is 70.8. The fourth-order valence-corrected chi connectivity index (χ4v) is 4.23. The molecule has 2 aromatic rings. The first-order valence-corrected chi connectivity index (χ1v) is 10.9. The summed E-state index contributed by atoms with van der Waals surface area (Å²) in [7, 11) is -4.32. The fourth-order valence-electron chi connectivity index (χ4n) is 2.75. The molecule has 0 fully saturated rings. The third kappa shape index (κ3) is 6.56. The molecule has 0 atom stereocenters. The van der Waals surface area contributed by atoms with Crippen molar-refractivity contribution in [3.05, 3.63) is 41.7 Å². The minimum absolute atomic E-state index is 0.00381. The molecule has 0 bridgehead atoms. The number of carbonyl (C=O) groups is 1. The zero-order chi connectivity index (χ0) is 22.4. The van der Waals surface area contributed by atoms with E-state index in [1.807, 2.05) is 6.92 Å². The average Bonchev–Trinajstić information content (AvgIpc) is 3.08. The summed E-state index contributed by atoms with van der Waals surface area (Å²) in [6.45, 7) is 3.06. The highest BCUT2D eigenvalue weighted by Crippen LogP contribution is 2.31. The molecule has 0 aliphatic heterocycles. The number of hydrogen-bond donors (Lipinski definition) is 1. The van der Waals surface area contributed by atoms with Crippen molar-refractivity contribution >= 4 is 21.7 Å². The van der Waals surface area contributed by atoms with Gasteiger partial charge in [-0.2, -0.15) is 17.5 Å². The van der Waals surface area contributed by atoms with Gasteiger partial charge in [-0.15, -0.1) is 0 Å². The van der Waals surface area contributed by atoms with E-state index in [9.17, 15) is 26.4 Å². The van der Waals surface area contributed by atoms with Gasteiger partial charge in [0.25, 0.3) is 0 Å². The number of nitrogens with zero attached hydrogens (tertiary/aromatic N) is 2. The van der Waals surface area contributed by atoms with Crippen LogP contribution >= 0.6 is 0 Å². The normalized spacial score (nSPS) is 12.3. The minimum Gasteiger partial charge on any atom is -0.360 e. The van der Waals surface area contributed by atoms with Crippen LogP contribution in [0.4, 0.5) is 19.0 Å². The molecule has 1 N–H and O–H groups in total. The molecule has 1 heterocycles. The predicted octanol–water partition coefficient (Wildman–Crippen LogP) is 4.21. The van der Waals surface area contributed by atoms with Crippen LogP contribution in [0.5, 0.6) is 0 Å². The Hall–Kier alpha value is -2.40. The van der Waals surface area contributed by atoms with Gasteiger partial charge in [-0.3, -0.25) is 4.79 Å². The number of aromatic nitrogens is 1. The van der Waals surface area contributed by atoms with Gasteiger partial charge >= 0.3 is 6.18 Å². The molecular formula is C19H24F3N3O4S. The second kappa shape index (κ2) is 10.1. The van der Waals surface area contributed by atoms with Crippen LogP contribution in [0.2, 0.25) is 0 Å². The Morgan fingerprint density at radius 1 is 1.20 bits per heavy atom. The van der Waals surface area contributed by atoms with Crippen molar-refractivity contribution in [1.82, 2.24) is 9.46 Å². The van der Waals surface area contributed by atoms with Gasteiger partial charge in [0.15, 0.2) is 5.82 Å². The first-order valence-electron chi connectivity index (χ1n) is 9.44. The van der Waals surface area contributed by atoms with Gasteiger partial charge in [-0.05, 0) is 31.5 Å². The monoisotopic (exact) mass is 447 g/mol. The zero-order valence-corrected chi connectivity index (χ0v) is 17.5. The van der Waals surface area contributed by atoms with Gasteiger partial charge in [0.05, 0.1) is 17.0 Å². The quantitative estimate of drug-likeness (QED) is 0.551. The fraction of sp³-hybridized carbons (Fsp3) is 0.474. The van der Waals surface area contributed by atoms with Crippen molar-refractivity contribution in [2.45, 2.75) is 50.6 Å². The first kappa shape index (κ1) is 23.9. The predicted molar refractivity (Wildman–Crippen MR) is 104 cm³/mol. The van der Waals surface area contributed by atoms with E-state index in [1.54, 1.807) is 6.92 Å². The Morgan fingerprint density at radius 3 is 2.53 bits per heavy atom. The number of halogens is 3. The molecule has 0 saturated carbocycles. The van der Waals surface area contributed by atoms with Crippen LogP contribution in [-0.2, 0) is 21.0 Å². The van der Waals surface area contributed by atoms with E-state index < -0.39 is 39.1 Å². The highest BCUT2D eigenvalue weighted by atomic mass is 32.2. The van der Waals surface area contributed by atoms with Crippen LogP contribution in [0.25, 0.3) is 0 Å². The maximum Gasteiger partial charge on any atom is 0.416 e. The number of aryl methyl sites for hydroxylation is 1. The number of unbranched alkanes of at least 4 members (excludes halogenated alkanes) is 3. The molecule has 0 aliphatic rings. The number of anilines is 1. The lowest BCUT2D eigenvalue weighted by molar-refractivity contribution is -0.137. The van der Waals surface area contributed by atoms with Gasteiger partial charge in [-0.1, -0.05) is 37.4 Å². The number of benzene rings is 1. The van der Waals surface area contributed by atoms with Crippen molar-refractivity contribution in [2.24, 2.45) is 0 Å². The number of nitrogens with one attached hydrogen (secondary N) is 1. The topological polar surface area (TPSA) is 92.5 Å². The molecule has 2 rings (SSSR count). The number of carbonyl (C=O) groups excluding carboxylic acids is 1. The van der Waals surface area contributed by atoms with Crippen LogP contribution in [-0.4, -0.2) is 36.9 Å². The van der Waals surface area contributed by atoms with E-state index in [-0.39, 0.29) is 12.4 Å². The van der Waals surface area contributed by atoms with Gasteiger partial charge in [0.1, 0.15) is 5.76 Å². The summed E-state index contributed by atoms with van der Waals surface area (Å²) in [4.78, 5) is 11.8. The Morgan fingerprint density at radius 2 is 1.93 bits per heavy atom. The lowest BCUT2D eigenvalue weighted by Gasteiger charge is -2.22. The van der Waals surface area contributed by atoms with Gasteiger partial charge < -0.3 is 9.84 Å². The number of amides is 1.